The summed E-state index contributed by atoms with van der Waals surface area (Å²) in [4.78, 5) is 26.7. The fourth-order valence-electron chi connectivity index (χ4n) is 3.71. The van der Waals surface area contributed by atoms with Crippen LogP contribution in [0, 0.1) is 5.92 Å². The molecule has 0 saturated carbocycles. The first kappa shape index (κ1) is 18.3. The monoisotopic (exact) mass is 374 g/mol. The molecule has 1 saturated heterocycles. The fourth-order valence-corrected chi connectivity index (χ4v) is 3.71. The van der Waals surface area contributed by atoms with Crippen LogP contribution in [0.1, 0.15) is 27.9 Å². The summed E-state index contributed by atoms with van der Waals surface area (Å²) >= 11 is 0. The molecule has 1 aliphatic rings. The van der Waals surface area contributed by atoms with Crippen LogP contribution in [-0.2, 0) is 13.0 Å². The lowest BCUT2D eigenvalue weighted by Gasteiger charge is -2.16. The quantitative estimate of drug-likeness (QED) is 0.713. The van der Waals surface area contributed by atoms with E-state index < -0.39 is 5.97 Å². The molecule has 0 spiro atoms. The van der Waals surface area contributed by atoms with Gasteiger partial charge >= 0.3 is 5.97 Å². The van der Waals surface area contributed by atoms with Crippen molar-refractivity contribution in [3.8, 4) is 11.5 Å². The number of aromatic carboxylic acids is 1. The Morgan fingerprint density at radius 1 is 1.07 bits per heavy atom. The third kappa shape index (κ3) is 4.40. The molecule has 6 heteroatoms. The summed E-state index contributed by atoms with van der Waals surface area (Å²) in [7, 11) is 0. The fraction of sp³-hybridized carbons (Fsp3) is 0.273. The number of hydrogen-bond donors (Lipinski definition) is 1. The van der Waals surface area contributed by atoms with Gasteiger partial charge in [-0.2, -0.15) is 0 Å². The van der Waals surface area contributed by atoms with Crippen molar-refractivity contribution in [3.63, 3.8) is 0 Å². The molecule has 0 amide bonds. The van der Waals surface area contributed by atoms with E-state index in [0.29, 0.717) is 17.3 Å². The van der Waals surface area contributed by atoms with Crippen LogP contribution in [0.5, 0.6) is 0 Å². The van der Waals surface area contributed by atoms with E-state index in [-0.39, 0.29) is 0 Å². The summed E-state index contributed by atoms with van der Waals surface area (Å²) < 4.78 is 0. The molecule has 3 heterocycles. The number of carboxylic acids is 1. The van der Waals surface area contributed by atoms with Crippen molar-refractivity contribution in [1.29, 1.82) is 0 Å². The Bertz CT molecular complexity index is 944. The van der Waals surface area contributed by atoms with Gasteiger partial charge in [0.25, 0.3) is 0 Å². The summed E-state index contributed by atoms with van der Waals surface area (Å²) in [5.41, 5.74) is 3.32. The van der Waals surface area contributed by atoms with Crippen molar-refractivity contribution in [2.75, 3.05) is 13.1 Å². The lowest BCUT2D eigenvalue weighted by atomic mass is 9.97. The number of carboxylic acid groups (broad SMARTS) is 1. The molecule has 142 valence electrons. The SMILES string of the molecule is O=C(O)c1cccc(CC2CCN(Cc3cnc(-c4ccccn4)nc3)C2)c1. The zero-order valence-corrected chi connectivity index (χ0v) is 15.5. The largest absolute Gasteiger partial charge is 0.478 e. The van der Waals surface area contributed by atoms with Crippen LogP contribution in [0.25, 0.3) is 11.5 Å². The first-order valence-electron chi connectivity index (χ1n) is 9.44. The first-order chi connectivity index (χ1) is 13.7. The number of pyridine rings is 1. The van der Waals surface area contributed by atoms with Crippen molar-refractivity contribution in [2.45, 2.75) is 19.4 Å². The van der Waals surface area contributed by atoms with Gasteiger partial charge in [-0.3, -0.25) is 9.88 Å². The van der Waals surface area contributed by atoms with E-state index in [9.17, 15) is 4.79 Å². The van der Waals surface area contributed by atoms with E-state index in [1.54, 1.807) is 18.3 Å². The number of benzene rings is 1. The van der Waals surface area contributed by atoms with Gasteiger partial charge in [-0.15, -0.1) is 0 Å². The predicted octanol–water partition coefficient (Wildman–Crippen LogP) is 3.30. The summed E-state index contributed by atoms with van der Waals surface area (Å²) in [6.45, 7) is 2.86. The highest BCUT2D eigenvalue weighted by molar-refractivity contribution is 5.87. The van der Waals surface area contributed by atoms with Crippen molar-refractivity contribution in [2.24, 2.45) is 5.92 Å². The van der Waals surface area contributed by atoms with E-state index in [0.717, 1.165) is 49.3 Å². The van der Waals surface area contributed by atoms with Crippen molar-refractivity contribution in [3.05, 3.63) is 77.7 Å². The molecular formula is C22H22N4O2. The number of carbonyl (C=O) groups is 1. The molecule has 1 unspecified atom stereocenters. The molecule has 0 aliphatic carbocycles. The van der Waals surface area contributed by atoms with Gasteiger partial charge in [0.15, 0.2) is 5.82 Å². The lowest BCUT2D eigenvalue weighted by Crippen LogP contribution is -2.21. The molecule has 1 aliphatic heterocycles. The molecule has 2 aromatic heterocycles. The minimum atomic E-state index is -0.871. The number of aromatic nitrogens is 3. The maximum Gasteiger partial charge on any atom is 0.335 e. The number of hydrogen-bond acceptors (Lipinski definition) is 5. The van der Waals surface area contributed by atoms with Gasteiger partial charge in [0, 0.05) is 37.2 Å². The highest BCUT2D eigenvalue weighted by Gasteiger charge is 2.23. The lowest BCUT2D eigenvalue weighted by molar-refractivity contribution is 0.0696. The topological polar surface area (TPSA) is 79.2 Å². The molecule has 1 N–H and O–H groups in total. The smallest absolute Gasteiger partial charge is 0.335 e. The second kappa shape index (κ2) is 8.27. The maximum absolute atomic E-state index is 11.1. The van der Waals surface area contributed by atoms with E-state index in [1.807, 2.05) is 42.7 Å². The van der Waals surface area contributed by atoms with Crippen LogP contribution in [0.4, 0.5) is 0 Å². The Morgan fingerprint density at radius 3 is 2.68 bits per heavy atom. The zero-order chi connectivity index (χ0) is 19.3. The summed E-state index contributed by atoms with van der Waals surface area (Å²) in [6.07, 6.45) is 7.52. The number of nitrogens with zero attached hydrogens (tertiary/aromatic N) is 4. The molecule has 28 heavy (non-hydrogen) atoms. The molecular weight excluding hydrogens is 352 g/mol. The van der Waals surface area contributed by atoms with Gasteiger partial charge < -0.3 is 5.11 Å². The van der Waals surface area contributed by atoms with Crippen LogP contribution in [0.15, 0.2) is 61.1 Å². The van der Waals surface area contributed by atoms with Crippen molar-refractivity contribution >= 4 is 5.97 Å². The summed E-state index contributed by atoms with van der Waals surface area (Å²) in [5, 5.41) is 9.14. The normalized spacial score (nSPS) is 16.9. The first-order valence-corrected chi connectivity index (χ1v) is 9.44. The van der Waals surface area contributed by atoms with Crippen LogP contribution >= 0.6 is 0 Å². The van der Waals surface area contributed by atoms with Crippen LogP contribution in [0.2, 0.25) is 0 Å². The Balaban J connectivity index is 1.33. The Labute approximate surface area is 163 Å². The maximum atomic E-state index is 11.1. The highest BCUT2D eigenvalue weighted by atomic mass is 16.4. The summed E-state index contributed by atoms with van der Waals surface area (Å²) in [6, 6.07) is 13.0. The second-order valence-electron chi connectivity index (χ2n) is 7.23. The van der Waals surface area contributed by atoms with Crippen LogP contribution < -0.4 is 0 Å². The minimum Gasteiger partial charge on any atom is -0.478 e. The van der Waals surface area contributed by atoms with E-state index >= 15 is 0 Å². The van der Waals surface area contributed by atoms with E-state index in [2.05, 4.69) is 19.9 Å². The Morgan fingerprint density at radius 2 is 1.93 bits per heavy atom. The van der Waals surface area contributed by atoms with Gasteiger partial charge in [0.1, 0.15) is 5.69 Å². The Kier molecular flexibility index (Phi) is 5.39. The second-order valence-corrected chi connectivity index (χ2v) is 7.23. The van der Waals surface area contributed by atoms with Gasteiger partial charge in [0.2, 0.25) is 0 Å². The minimum absolute atomic E-state index is 0.359. The highest BCUT2D eigenvalue weighted by Crippen LogP contribution is 2.23. The Hall–Kier alpha value is -3.12. The van der Waals surface area contributed by atoms with E-state index in [4.69, 9.17) is 5.11 Å². The van der Waals surface area contributed by atoms with Crippen LogP contribution in [-0.4, -0.2) is 44.0 Å². The predicted molar refractivity (Wildman–Crippen MR) is 106 cm³/mol. The molecule has 6 nitrogen and oxygen atoms in total. The number of rotatable bonds is 6. The zero-order valence-electron chi connectivity index (χ0n) is 15.5. The summed E-state index contributed by atoms with van der Waals surface area (Å²) in [5.74, 6) is 0.309. The average molecular weight is 374 g/mol. The number of likely N-dealkylation sites (tertiary alicyclic amines) is 1. The molecule has 0 bridgehead atoms. The average Bonchev–Trinajstić information content (AvgIpc) is 3.16. The standard InChI is InChI=1S/C22H22N4O2/c27-22(28)19-5-3-4-16(11-19)10-17-7-9-26(14-17)15-18-12-24-21(25-13-18)20-6-1-2-8-23-20/h1-6,8,11-13,17H,7,9-10,14-15H2,(H,27,28). The molecule has 1 fully saturated rings. The molecule has 3 aromatic rings. The third-order valence-corrected chi connectivity index (χ3v) is 5.07. The molecule has 4 rings (SSSR count). The third-order valence-electron chi connectivity index (χ3n) is 5.07. The van der Waals surface area contributed by atoms with Crippen LogP contribution in [0.3, 0.4) is 0 Å². The van der Waals surface area contributed by atoms with Crippen molar-refractivity contribution in [1.82, 2.24) is 19.9 Å². The molecule has 1 atom stereocenters. The molecule has 1 aromatic carbocycles. The van der Waals surface area contributed by atoms with Gasteiger partial charge in [0.05, 0.1) is 5.56 Å². The van der Waals surface area contributed by atoms with Gasteiger partial charge in [-0.25, -0.2) is 14.8 Å². The van der Waals surface area contributed by atoms with Gasteiger partial charge in [-0.05, 0) is 55.1 Å². The van der Waals surface area contributed by atoms with Crippen molar-refractivity contribution < 1.29 is 9.90 Å². The van der Waals surface area contributed by atoms with Gasteiger partial charge in [-0.1, -0.05) is 18.2 Å². The van der Waals surface area contributed by atoms with E-state index in [1.165, 1.54) is 0 Å². The molecule has 0 radical (unpaired) electrons.